The smallest absolute Gasteiger partial charge is 0.170 e. The van der Waals surface area contributed by atoms with E-state index in [2.05, 4.69) is 15.3 Å². The van der Waals surface area contributed by atoms with Crippen LogP contribution in [0.1, 0.15) is 29.9 Å². The number of halogens is 2. The lowest BCUT2D eigenvalue weighted by atomic mass is 10.0. The molecule has 0 saturated carbocycles. The fourth-order valence-electron chi connectivity index (χ4n) is 3.41. The lowest BCUT2D eigenvalue weighted by Gasteiger charge is -2.20. The van der Waals surface area contributed by atoms with Crippen LogP contribution in [0.3, 0.4) is 0 Å². The van der Waals surface area contributed by atoms with Crippen molar-refractivity contribution in [2.45, 2.75) is 13.0 Å². The number of aromatic amines is 1. The third-order valence-electron chi connectivity index (χ3n) is 4.92. The Hall–Kier alpha value is -3.78. The predicted octanol–water partition coefficient (Wildman–Crippen LogP) is 4.95. The number of nitrogens with two attached hydrogens (primary N) is 1. The number of H-pyrrole nitrogens is 1. The average Bonchev–Trinajstić information content (AvgIpc) is 3.18. The monoisotopic (exact) mass is 453 g/mol. The maximum Gasteiger partial charge on any atom is 0.170 e. The second kappa shape index (κ2) is 8.76. The van der Waals surface area contributed by atoms with Gasteiger partial charge in [-0.25, -0.2) is 9.37 Å². The van der Waals surface area contributed by atoms with E-state index in [1.165, 1.54) is 12.1 Å². The Labute approximate surface area is 188 Å². The van der Waals surface area contributed by atoms with Crippen molar-refractivity contribution in [3.05, 3.63) is 82.4 Å². The van der Waals surface area contributed by atoms with Crippen LogP contribution in [0.4, 0.5) is 10.1 Å². The Bertz CT molecular complexity index is 1290. The normalized spacial score (nSPS) is 12.0. The first-order chi connectivity index (χ1) is 15.4. The summed E-state index contributed by atoms with van der Waals surface area (Å²) in [7, 11) is 0. The van der Waals surface area contributed by atoms with Crippen molar-refractivity contribution >= 4 is 34.2 Å². The lowest BCUT2D eigenvalue weighted by molar-refractivity contribution is 0.334. The van der Waals surface area contributed by atoms with Gasteiger partial charge in [0.25, 0.3) is 0 Å². The number of aromatic hydroxyl groups is 1. The molecule has 3 aromatic carbocycles. The summed E-state index contributed by atoms with van der Waals surface area (Å²) in [4.78, 5) is 7.79. The molecule has 0 fully saturated rings. The Morgan fingerprint density at radius 1 is 1.25 bits per heavy atom. The zero-order valence-corrected chi connectivity index (χ0v) is 17.9. The Balaban J connectivity index is 1.83. The van der Waals surface area contributed by atoms with E-state index in [4.69, 9.17) is 27.5 Å². The highest BCUT2D eigenvalue weighted by molar-refractivity contribution is 6.31. The molecule has 0 aliphatic heterocycles. The van der Waals surface area contributed by atoms with E-state index in [0.717, 1.165) is 5.52 Å². The highest BCUT2D eigenvalue weighted by atomic mass is 35.5. The Kier molecular flexibility index (Phi) is 5.87. The van der Waals surface area contributed by atoms with Crippen LogP contribution in [-0.2, 0) is 0 Å². The molecule has 0 saturated heterocycles. The van der Waals surface area contributed by atoms with Gasteiger partial charge in [-0.05, 0) is 55.5 Å². The van der Waals surface area contributed by atoms with Gasteiger partial charge in [-0.2, -0.15) is 0 Å². The molecule has 4 aromatic rings. The molecule has 1 atom stereocenters. The molecule has 0 spiro atoms. The van der Waals surface area contributed by atoms with Crippen molar-refractivity contribution in [3.63, 3.8) is 0 Å². The second-order valence-electron chi connectivity index (χ2n) is 7.13. The topological polar surface area (TPSA) is 120 Å². The summed E-state index contributed by atoms with van der Waals surface area (Å²) in [6, 6.07) is 14.0. The molecule has 7 nitrogen and oxygen atoms in total. The van der Waals surface area contributed by atoms with Crippen LogP contribution < -0.4 is 15.8 Å². The van der Waals surface area contributed by atoms with Gasteiger partial charge in [0.1, 0.15) is 23.5 Å². The summed E-state index contributed by atoms with van der Waals surface area (Å²) >= 11 is 6.09. The summed E-state index contributed by atoms with van der Waals surface area (Å²) < 4.78 is 20.6. The lowest BCUT2D eigenvalue weighted by Crippen LogP contribution is -2.16. The number of nitrogen functional groups attached to an aromatic ring is 1. The molecule has 164 valence electrons. The summed E-state index contributed by atoms with van der Waals surface area (Å²) in [5, 5.41) is 21.5. The van der Waals surface area contributed by atoms with Crippen molar-refractivity contribution in [2.75, 3.05) is 11.9 Å². The first-order valence-corrected chi connectivity index (χ1v) is 10.2. The fourth-order valence-corrected chi connectivity index (χ4v) is 3.57. The molecule has 9 heteroatoms. The summed E-state index contributed by atoms with van der Waals surface area (Å²) in [5.74, 6) is -0.611. The first-order valence-electron chi connectivity index (χ1n) is 9.87. The zero-order chi connectivity index (χ0) is 22.8. The molecular weight excluding hydrogens is 433 g/mol. The number of phenols is 1. The van der Waals surface area contributed by atoms with Crippen LogP contribution in [0.5, 0.6) is 11.5 Å². The number of aromatic nitrogens is 2. The van der Waals surface area contributed by atoms with Gasteiger partial charge in [0.05, 0.1) is 17.6 Å². The number of nitrogens with zero attached hydrogens (tertiary/aromatic N) is 1. The van der Waals surface area contributed by atoms with Gasteiger partial charge in [-0.3, -0.25) is 5.41 Å². The van der Waals surface area contributed by atoms with E-state index < -0.39 is 17.6 Å². The molecule has 1 unspecified atom stereocenters. The number of fused-ring (bicyclic) bond motifs is 1. The number of rotatable bonds is 7. The Morgan fingerprint density at radius 3 is 2.69 bits per heavy atom. The van der Waals surface area contributed by atoms with E-state index in [1.54, 1.807) is 49.4 Å². The number of phenolic OH excluding ortho intramolecular Hbond substituents is 1. The van der Waals surface area contributed by atoms with Gasteiger partial charge < -0.3 is 25.9 Å². The van der Waals surface area contributed by atoms with E-state index >= 15 is 4.39 Å². The first kappa shape index (κ1) is 21.5. The van der Waals surface area contributed by atoms with E-state index in [0.29, 0.717) is 40.0 Å². The number of nitrogens with one attached hydrogen (secondary N) is 3. The molecule has 1 aromatic heterocycles. The summed E-state index contributed by atoms with van der Waals surface area (Å²) in [6.45, 7) is 2.16. The third-order valence-corrected chi connectivity index (χ3v) is 5.16. The standard InChI is InChI=1S/C23H21ClFN5O2/c1-2-32-15-10-16(20(25)19(31)11-15)21(28-14-6-3-12(4-7-14)22(26)27)23-29-17-8-5-13(24)9-18(17)30-23/h3-11,21,28,31H,2H2,1H3,(H3,26,27)(H,29,30). The Morgan fingerprint density at radius 2 is 2.00 bits per heavy atom. The van der Waals surface area contributed by atoms with Crippen molar-refractivity contribution in [1.29, 1.82) is 5.41 Å². The number of imidazole rings is 1. The average molecular weight is 454 g/mol. The number of ether oxygens (including phenoxy) is 1. The minimum atomic E-state index is -0.796. The SMILES string of the molecule is CCOc1cc(O)c(F)c(C(Nc2ccc(C(=N)N)cc2)c2nc3cc(Cl)ccc3[nH]2)c1. The van der Waals surface area contributed by atoms with Crippen molar-refractivity contribution in [3.8, 4) is 11.5 Å². The maximum absolute atomic E-state index is 15.1. The highest BCUT2D eigenvalue weighted by Gasteiger charge is 2.25. The summed E-state index contributed by atoms with van der Waals surface area (Å²) in [5.41, 5.74) is 8.23. The van der Waals surface area contributed by atoms with Crippen LogP contribution in [0.15, 0.2) is 54.6 Å². The van der Waals surface area contributed by atoms with Gasteiger partial charge in [0.15, 0.2) is 11.6 Å². The largest absolute Gasteiger partial charge is 0.505 e. The number of benzene rings is 3. The van der Waals surface area contributed by atoms with Gasteiger partial charge in [0.2, 0.25) is 0 Å². The maximum atomic E-state index is 15.1. The predicted molar refractivity (Wildman–Crippen MR) is 123 cm³/mol. The molecule has 32 heavy (non-hydrogen) atoms. The molecule has 4 rings (SSSR count). The fraction of sp³-hybridized carbons (Fsp3) is 0.130. The molecular formula is C23H21ClFN5O2. The van der Waals surface area contributed by atoms with Crippen LogP contribution in [0.2, 0.25) is 5.02 Å². The van der Waals surface area contributed by atoms with Gasteiger partial charge in [0, 0.05) is 27.9 Å². The van der Waals surface area contributed by atoms with Crippen LogP contribution >= 0.6 is 11.6 Å². The van der Waals surface area contributed by atoms with E-state index in [1.807, 2.05) is 0 Å². The number of amidine groups is 1. The third kappa shape index (κ3) is 4.31. The van der Waals surface area contributed by atoms with Gasteiger partial charge in [-0.1, -0.05) is 11.6 Å². The molecule has 0 radical (unpaired) electrons. The molecule has 1 heterocycles. The molecule has 0 aliphatic carbocycles. The van der Waals surface area contributed by atoms with Crippen molar-refractivity contribution in [2.24, 2.45) is 5.73 Å². The van der Waals surface area contributed by atoms with Crippen LogP contribution in [0.25, 0.3) is 11.0 Å². The minimum Gasteiger partial charge on any atom is -0.505 e. The number of hydrogen-bond donors (Lipinski definition) is 5. The molecule has 0 bridgehead atoms. The molecule has 0 amide bonds. The van der Waals surface area contributed by atoms with Crippen molar-refractivity contribution < 1.29 is 14.2 Å². The molecule has 0 aliphatic rings. The van der Waals surface area contributed by atoms with Crippen LogP contribution in [-0.4, -0.2) is 27.5 Å². The second-order valence-corrected chi connectivity index (χ2v) is 7.57. The molecule has 6 N–H and O–H groups in total. The van der Waals surface area contributed by atoms with Gasteiger partial charge in [-0.15, -0.1) is 0 Å². The van der Waals surface area contributed by atoms with Gasteiger partial charge >= 0.3 is 0 Å². The van der Waals surface area contributed by atoms with E-state index in [-0.39, 0.29) is 11.4 Å². The van der Waals surface area contributed by atoms with Crippen molar-refractivity contribution in [1.82, 2.24) is 9.97 Å². The minimum absolute atomic E-state index is 0.0531. The van der Waals surface area contributed by atoms with E-state index in [9.17, 15) is 5.11 Å². The quantitative estimate of drug-likeness (QED) is 0.200. The highest BCUT2D eigenvalue weighted by Crippen LogP contribution is 2.35. The summed E-state index contributed by atoms with van der Waals surface area (Å²) in [6.07, 6.45) is 0. The number of anilines is 1. The zero-order valence-electron chi connectivity index (χ0n) is 17.1. The number of hydrogen-bond acceptors (Lipinski definition) is 5. The van der Waals surface area contributed by atoms with Crippen LogP contribution in [0, 0.1) is 11.2 Å².